The van der Waals surface area contributed by atoms with Crippen LogP contribution in [-0.2, 0) is 10.8 Å². The van der Waals surface area contributed by atoms with Crippen molar-refractivity contribution in [2.75, 3.05) is 13.1 Å². The number of hydrogen-bond acceptors (Lipinski definition) is 3. The van der Waals surface area contributed by atoms with E-state index in [1.807, 2.05) is 10.9 Å². The third-order valence-corrected chi connectivity index (χ3v) is 6.77. The number of fused-ring (bicyclic) bond motifs is 1. The summed E-state index contributed by atoms with van der Waals surface area (Å²) in [4.78, 5) is 12.6. The van der Waals surface area contributed by atoms with Gasteiger partial charge < -0.3 is 10.0 Å². The highest BCUT2D eigenvalue weighted by Gasteiger charge is 2.37. The monoisotopic (exact) mass is 382 g/mol. The zero-order chi connectivity index (χ0) is 20.1. The van der Waals surface area contributed by atoms with Crippen molar-refractivity contribution in [2.24, 2.45) is 0 Å². The number of piperidine rings is 1. The second kappa shape index (κ2) is 6.61. The van der Waals surface area contributed by atoms with Gasteiger partial charge >= 0.3 is 6.09 Å². The second-order valence-corrected chi connectivity index (χ2v) is 9.61. The number of aromatic nitrogens is 3. The van der Waals surface area contributed by atoms with Gasteiger partial charge in [0, 0.05) is 18.7 Å². The van der Waals surface area contributed by atoms with Gasteiger partial charge in [-0.15, -0.1) is 5.10 Å². The Morgan fingerprint density at radius 1 is 1.07 bits per heavy atom. The number of nitrogens with zero attached hydrogens (tertiary/aromatic N) is 4. The first-order valence-electron chi connectivity index (χ1n) is 10.2. The summed E-state index contributed by atoms with van der Waals surface area (Å²) in [7, 11) is 0. The summed E-state index contributed by atoms with van der Waals surface area (Å²) in [5.74, 6) is 0. The Balaban J connectivity index is 1.59. The molecule has 1 amide bonds. The molecule has 2 aliphatic rings. The van der Waals surface area contributed by atoms with Crippen LogP contribution >= 0.6 is 0 Å². The number of likely N-dealkylation sites (tertiary alicyclic amines) is 1. The van der Waals surface area contributed by atoms with Crippen molar-refractivity contribution >= 4 is 6.09 Å². The van der Waals surface area contributed by atoms with Crippen molar-refractivity contribution in [3.8, 4) is 11.3 Å². The van der Waals surface area contributed by atoms with E-state index in [0.717, 1.165) is 24.1 Å². The second-order valence-electron chi connectivity index (χ2n) is 9.61. The van der Waals surface area contributed by atoms with Crippen LogP contribution in [0, 0.1) is 0 Å². The fraction of sp³-hybridized carbons (Fsp3) is 0.591. The maximum Gasteiger partial charge on any atom is 0.407 e. The first kappa shape index (κ1) is 19.0. The Labute approximate surface area is 166 Å². The Morgan fingerprint density at radius 2 is 1.71 bits per heavy atom. The summed E-state index contributed by atoms with van der Waals surface area (Å²) in [6, 6.07) is 6.96. The predicted octanol–water partition coefficient (Wildman–Crippen LogP) is 4.61. The van der Waals surface area contributed by atoms with Crippen molar-refractivity contribution in [1.29, 1.82) is 0 Å². The van der Waals surface area contributed by atoms with Gasteiger partial charge in [0.15, 0.2) is 0 Å². The molecule has 2 aromatic rings. The van der Waals surface area contributed by atoms with Crippen LogP contribution in [0.5, 0.6) is 0 Å². The molecule has 28 heavy (non-hydrogen) atoms. The highest BCUT2D eigenvalue weighted by Crippen LogP contribution is 2.46. The van der Waals surface area contributed by atoms with Crippen LogP contribution in [0.15, 0.2) is 24.4 Å². The lowest BCUT2D eigenvalue weighted by Gasteiger charge is -2.42. The van der Waals surface area contributed by atoms with Crippen LogP contribution in [-0.4, -0.2) is 44.2 Å². The fourth-order valence-corrected chi connectivity index (χ4v) is 4.66. The number of carbonyl (C=O) groups is 1. The molecule has 1 aliphatic carbocycles. The highest BCUT2D eigenvalue weighted by atomic mass is 16.4. The molecule has 6 heteroatoms. The molecule has 150 valence electrons. The van der Waals surface area contributed by atoms with Crippen LogP contribution in [0.3, 0.4) is 0 Å². The van der Waals surface area contributed by atoms with E-state index in [0.29, 0.717) is 13.1 Å². The van der Waals surface area contributed by atoms with E-state index >= 15 is 0 Å². The van der Waals surface area contributed by atoms with Crippen molar-refractivity contribution in [3.05, 3.63) is 35.5 Å². The molecule has 1 aromatic carbocycles. The van der Waals surface area contributed by atoms with Crippen molar-refractivity contribution in [3.63, 3.8) is 0 Å². The van der Waals surface area contributed by atoms with Gasteiger partial charge in [0.25, 0.3) is 0 Å². The van der Waals surface area contributed by atoms with E-state index in [1.54, 1.807) is 0 Å². The van der Waals surface area contributed by atoms with Gasteiger partial charge in [-0.3, -0.25) is 0 Å². The maximum atomic E-state index is 11.1. The Bertz CT molecular complexity index is 892. The van der Waals surface area contributed by atoms with Crippen molar-refractivity contribution in [1.82, 2.24) is 19.9 Å². The van der Waals surface area contributed by atoms with Gasteiger partial charge in [0.2, 0.25) is 0 Å². The first-order valence-corrected chi connectivity index (χ1v) is 10.2. The minimum atomic E-state index is -0.836. The van der Waals surface area contributed by atoms with Crippen LogP contribution < -0.4 is 0 Å². The Morgan fingerprint density at radius 3 is 2.36 bits per heavy atom. The Hall–Kier alpha value is -2.37. The molecular weight excluding hydrogens is 352 g/mol. The molecule has 1 N–H and O–H groups in total. The van der Waals surface area contributed by atoms with E-state index in [2.05, 4.69) is 56.2 Å². The number of carboxylic acid groups (broad SMARTS) is 1. The van der Waals surface area contributed by atoms with Crippen molar-refractivity contribution in [2.45, 2.75) is 70.3 Å². The molecule has 0 unspecified atom stereocenters. The topological polar surface area (TPSA) is 71.2 Å². The molecule has 1 aromatic heterocycles. The van der Waals surface area contributed by atoms with Crippen molar-refractivity contribution < 1.29 is 9.90 Å². The van der Waals surface area contributed by atoms with E-state index in [9.17, 15) is 4.79 Å². The highest BCUT2D eigenvalue weighted by molar-refractivity contribution is 5.65. The Kier molecular flexibility index (Phi) is 4.47. The largest absolute Gasteiger partial charge is 0.465 e. The number of hydrogen-bond donors (Lipinski definition) is 1. The molecule has 0 spiro atoms. The maximum absolute atomic E-state index is 11.1. The van der Waals surface area contributed by atoms with Gasteiger partial charge in [0.05, 0.1) is 12.2 Å². The van der Waals surface area contributed by atoms with E-state index in [4.69, 9.17) is 5.11 Å². The lowest BCUT2D eigenvalue weighted by molar-refractivity contribution is 0.123. The van der Waals surface area contributed by atoms with Gasteiger partial charge in [-0.05, 0) is 53.7 Å². The summed E-state index contributed by atoms with van der Waals surface area (Å²) < 4.78 is 1.92. The van der Waals surface area contributed by atoms with Gasteiger partial charge in [-0.2, -0.15) is 0 Å². The van der Waals surface area contributed by atoms with E-state index < -0.39 is 6.09 Å². The molecule has 0 saturated carbocycles. The summed E-state index contributed by atoms with van der Waals surface area (Å²) >= 11 is 0. The van der Waals surface area contributed by atoms with E-state index in [1.165, 1.54) is 28.9 Å². The fourth-order valence-electron chi connectivity index (χ4n) is 4.66. The average molecular weight is 383 g/mol. The molecule has 1 aliphatic heterocycles. The quantitative estimate of drug-likeness (QED) is 0.823. The molecule has 6 nitrogen and oxygen atoms in total. The summed E-state index contributed by atoms with van der Waals surface area (Å²) in [5.41, 5.74) is 5.24. The molecule has 0 atom stereocenters. The SMILES string of the molecule is CC1(C)CCC(C)(C)c2cc(-c3cn(C4CCN(C(=O)O)CC4)nn3)ccc21. The van der Waals surface area contributed by atoms with Crippen LogP contribution in [0.4, 0.5) is 4.79 Å². The number of amides is 1. The smallest absolute Gasteiger partial charge is 0.407 e. The van der Waals surface area contributed by atoms with Gasteiger partial charge in [-0.1, -0.05) is 45.0 Å². The molecular formula is C22H30N4O2. The molecule has 2 heterocycles. The third kappa shape index (κ3) is 3.29. The molecule has 4 rings (SSSR count). The molecule has 1 fully saturated rings. The minimum absolute atomic E-state index is 0.167. The summed E-state index contributed by atoms with van der Waals surface area (Å²) in [6.45, 7) is 10.4. The first-order chi connectivity index (χ1) is 13.2. The lowest BCUT2D eigenvalue weighted by Crippen LogP contribution is -2.38. The van der Waals surface area contributed by atoms with E-state index in [-0.39, 0.29) is 16.9 Å². The zero-order valence-electron chi connectivity index (χ0n) is 17.3. The number of benzene rings is 1. The lowest BCUT2D eigenvalue weighted by atomic mass is 9.63. The predicted molar refractivity (Wildman–Crippen MR) is 109 cm³/mol. The zero-order valence-corrected chi connectivity index (χ0v) is 17.3. The average Bonchev–Trinajstić information content (AvgIpc) is 3.15. The third-order valence-electron chi connectivity index (χ3n) is 6.77. The van der Waals surface area contributed by atoms with Gasteiger partial charge in [0.1, 0.15) is 5.69 Å². The van der Waals surface area contributed by atoms with Crippen LogP contribution in [0.2, 0.25) is 0 Å². The standard InChI is InChI=1S/C22H30N4O2/c1-21(2)9-10-22(3,4)18-13-15(5-6-17(18)21)19-14-26(24-23-19)16-7-11-25(12-8-16)20(27)28/h5-6,13-14,16H,7-12H2,1-4H3,(H,27,28). The van der Waals surface area contributed by atoms with Gasteiger partial charge in [-0.25, -0.2) is 9.48 Å². The van der Waals surface area contributed by atoms with Crippen LogP contribution in [0.1, 0.15) is 70.5 Å². The van der Waals surface area contributed by atoms with Crippen LogP contribution in [0.25, 0.3) is 11.3 Å². The summed E-state index contributed by atoms with van der Waals surface area (Å²) in [5, 5.41) is 17.9. The number of rotatable bonds is 2. The summed E-state index contributed by atoms with van der Waals surface area (Å²) in [6.07, 6.45) is 5.13. The minimum Gasteiger partial charge on any atom is -0.465 e. The molecule has 0 radical (unpaired) electrons. The normalized spacial score (nSPS) is 21.4. The molecule has 0 bridgehead atoms. The molecule has 1 saturated heterocycles.